The van der Waals surface area contributed by atoms with Crippen molar-refractivity contribution in [3.8, 4) is 0 Å². The lowest BCUT2D eigenvalue weighted by Gasteiger charge is -2.12. The van der Waals surface area contributed by atoms with Crippen molar-refractivity contribution in [3.05, 3.63) is 35.4 Å². The van der Waals surface area contributed by atoms with E-state index in [2.05, 4.69) is 10.6 Å². The predicted octanol–water partition coefficient (Wildman–Crippen LogP) is 1.59. The Morgan fingerprint density at radius 1 is 1.27 bits per heavy atom. The first-order valence-electron chi connectivity index (χ1n) is 7.45. The summed E-state index contributed by atoms with van der Waals surface area (Å²) in [7, 11) is 0. The van der Waals surface area contributed by atoms with E-state index in [0.29, 0.717) is 25.4 Å². The Hall–Kier alpha value is -1.59. The van der Waals surface area contributed by atoms with Crippen LogP contribution in [-0.4, -0.2) is 24.4 Å². The molecule has 6 heteroatoms. The number of hydrogen-bond acceptors (Lipinski definition) is 3. The summed E-state index contributed by atoms with van der Waals surface area (Å²) in [5, 5.41) is 5.70. The van der Waals surface area contributed by atoms with E-state index in [9.17, 15) is 9.59 Å². The molecule has 0 heterocycles. The van der Waals surface area contributed by atoms with Crippen molar-refractivity contribution in [1.82, 2.24) is 10.6 Å². The average molecular weight is 326 g/mol. The fourth-order valence-corrected chi connectivity index (χ4v) is 2.02. The molecule has 22 heavy (non-hydrogen) atoms. The van der Waals surface area contributed by atoms with Crippen LogP contribution in [0.25, 0.3) is 0 Å². The second kappa shape index (κ2) is 8.76. The van der Waals surface area contributed by atoms with Gasteiger partial charge >= 0.3 is 0 Å². The minimum atomic E-state index is -0.661. The van der Waals surface area contributed by atoms with Crippen LogP contribution >= 0.6 is 12.4 Å². The molecule has 0 aromatic heterocycles. The summed E-state index contributed by atoms with van der Waals surface area (Å²) in [5.41, 5.74) is 7.84. The van der Waals surface area contributed by atoms with Gasteiger partial charge in [-0.1, -0.05) is 29.8 Å². The molecule has 0 aliphatic heterocycles. The number of carbonyl (C=O) groups excluding carboxylic acids is 2. The molecular formula is C16H24ClN3O2. The summed E-state index contributed by atoms with van der Waals surface area (Å²) in [5.74, 6) is -0.143. The van der Waals surface area contributed by atoms with E-state index >= 15 is 0 Å². The van der Waals surface area contributed by atoms with Gasteiger partial charge in [0, 0.05) is 19.0 Å². The molecule has 2 rings (SSSR count). The summed E-state index contributed by atoms with van der Waals surface area (Å²) in [4.78, 5) is 23.4. The molecule has 0 radical (unpaired) electrons. The topological polar surface area (TPSA) is 84.2 Å². The van der Waals surface area contributed by atoms with Gasteiger partial charge in [-0.3, -0.25) is 9.59 Å². The molecule has 1 aliphatic carbocycles. The van der Waals surface area contributed by atoms with Gasteiger partial charge in [0.15, 0.2) is 0 Å². The van der Waals surface area contributed by atoms with Crippen molar-refractivity contribution in [1.29, 1.82) is 0 Å². The number of aryl methyl sites for hydroxylation is 1. The van der Waals surface area contributed by atoms with E-state index in [4.69, 9.17) is 5.73 Å². The molecule has 1 unspecified atom stereocenters. The van der Waals surface area contributed by atoms with Crippen LogP contribution in [0.15, 0.2) is 24.3 Å². The maximum absolute atomic E-state index is 11.9. The van der Waals surface area contributed by atoms with Crippen molar-refractivity contribution < 1.29 is 9.59 Å². The lowest BCUT2D eigenvalue weighted by atomic mass is 10.1. The molecule has 1 aliphatic rings. The standard InChI is InChI=1S/C16H23N3O2.ClH/c1-11-4-6-12(7-5-11)15(17)16(21)18-10-2-3-14(20)19-13-8-9-13;/h4-7,13,15H,2-3,8-10,17H2,1H3,(H,18,21)(H,19,20);1H. The fraction of sp³-hybridized carbons (Fsp3) is 0.500. The second-order valence-corrected chi connectivity index (χ2v) is 5.62. The Balaban J connectivity index is 0.00000242. The van der Waals surface area contributed by atoms with Gasteiger partial charge in [-0.15, -0.1) is 12.4 Å². The van der Waals surface area contributed by atoms with Crippen LogP contribution in [0.1, 0.15) is 42.9 Å². The van der Waals surface area contributed by atoms with Crippen LogP contribution in [0, 0.1) is 6.92 Å². The van der Waals surface area contributed by atoms with E-state index in [0.717, 1.165) is 24.0 Å². The highest BCUT2D eigenvalue weighted by molar-refractivity contribution is 5.85. The minimum Gasteiger partial charge on any atom is -0.354 e. The zero-order valence-electron chi connectivity index (χ0n) is 12.8. The van der Waals surface area contributed by atoms with Crippen LogP contribution in [0.5, 0.6) is 0 Å². The number of halogens is 1. The van der Waals surface area contributed by atoms with Crippen LogP contribution in [0.4, 0.5) is 0 Å². The summed E-state index contributed by atoms with van der Waals surface area (Å²) in [6.07, 6.45) is 3.25. The average Bonchev–Trinajstić information content (AvgIpc) is 3.27. The SMILES string of the molecule is Cc1ccc(C(N)C(=O)NCCCC(=O)NC2CC2)cc1.Cl. The molecule has 0 spiro atoms. The number of rotatable bonds is 7. The molecule has 5 nitrogen and oxygen atoms in total. The molecule has 1 saturated carbocycles. The normalized spacial score (nSPS) is 14.6. The summed E-state index contributed by atoms with van der Waals surface area (Å²) >= 11 is 0. The molecule has 1 aromatic rings. The monoisotopic (exact) mass is 325 g/mol. The third-order valence-corrected chi connectivity index (χ3v) is 3.54. The number of nitrogens with two attached hydrogens (primary N) is 1. The van der Waals surface area contributed by atoms with E-state index in [-0.39, 0.29) is 24.2 Å². The first-order valence-corrected chi connectivity index (χ1v) is 7.45. The molecule has 1 fully saturated rings. The van der Waals surface area contributed by atoms with E-state index in [1.807, 2.05) is 31.2 Å². The first kappa shape index (κ1) is 18.5. The molecular weight excluding hydrogens is 302 g/mol. The van der Waals surface area contributed by atoms with Crippen molar-refractivity contribution in [2.75, 3.05) is 6.54 Å². The lowest BCUT2D eigenvalue weighted by Crippen LogP contribution is -2.35. The van der Waals surface area contributed by atoms with Crippen molar-refractivity contribution >= 4 is 24.2 Å². The molecule has 1 atom stereocenters. The quantitative estimate of drug-likeness (QED) is 0.666. The Morgan fingerprint density at radius 3 is 2.50 bits per heavy atom. The van der Waals surface area contributed by atoms with E-state index in [1.54, 1.807) is 0 Å². The first-order chi connectivity index (χ1) is 10.1. The number of nitrogens with one attached hydrogen (secondary N) is 2. The van der Waals surface area contributed by atoms with Crippen molar-refractivity contribution in [2.45, 2.75) is 44.7 Å². The Morgan fingerprint density at radius 2 is 1.91 bits per heavy atom. The maximum Gasteiger partial charge on any atom is 0.241 e. The largest absolute Gasteiger partial charge is 0.354 e. The van der Waals surface area contributed by atoms with Gasteiger partial charge in [0.2, 0.25) is 11.8 Å². The Bertz CT molecular complexity index is 501. The number of benzene rings is 1. The number of amides is 2. The number of hydrogen-bond donors (Lipinski definition) is 3. The number of carbonyl (C=O) groups is 2. The molecule has 122 valence electrons. The maximum atomic E-state index is 11.9. The summed E-state index contributed by atoms with van der Waals surface area (Å²) in [6, 6.07) is 7.33. The zero-order chi connectivity index (χ0) is 15.2. The smallest absolute Gasteiger partial charge is 0.241 e. The van der Waals surface area contributed by atoms with Crippen molar-refractivity contribution in [3.63, 3.8) is 0 Å². The Kier molecular flexibility index (Phi) is 7.35. The minimum absolute atomic E-state index is 0. The highest BCUT2D eigenvalue weighted by Gasteiger charge is 2.22. The fourth-order valence-electron chi connectivity index (χ4n) is 2.02. The van der Waals surface area contributed by atoms with Gasteiger partial charge in [0.05, 0.1) is 0 Å². The zero-order valence-corrected chi connectivity index (χ0v) is 13.6. The van der Waals surface area contributed by atoms with Gasteiger partial charge in [-0.25, -0.2) is 0 Å². The summed E-state index contributed by atoms with van der Waals surface area (Å²) < 4.78 is 0. The third-order valence-electron chi connectivity index (χ3n) is 3.54. The van der Waals surface area contributed by atoms with Gasteiger partial charge < -0.3 is 16.4 Å². The van der Waals surface area contributed by atoms with Gasteiger partial charge in [-0.2, -0.15) is 0 Å². The van der Waals surface area contributed by atoms with Gasteiger partial charge in [-0.05, 0) is 31.7 Å². The van der Waals surface area contributed by atoms with E-state index in [1.165, 1.54) is 0 Å². The van der Waals surface area contributed by atoms with Gasteiger partial charge in [0.25, 0.3) is 0 Å². The van der Waals surface area contributed by atoms with Crippen LogP contribution in [-0.2, 0) is 9.59 Å². The molecule has 2 amide bonds. The van der Waals surface area contributed by atoms with Crippen LogP contribution in [0.2, 0.25) is 0 Å². The predicted molar refractivity (Wildman–Crippen MR) is 88.8 cm³/mol. The molecule has 1 aromatic carbocycles. The summed E-state index contributed by atoms with van der Waals surface area (Å²) in [6.45, 7) is 2.46. The van der Waals surface area contributed by atoms with Crippen LogP contribution in [0.3, 0.4) is 0 Å². The molecule has 0 saturated heterocycles. The highest BCUT2D eigenvalue weighted by atomic mass is 35.5. The van der Waals surface area contributed by atoms with Crippen LogP contribution < -0.4 is 16.4 Å². The lowest BCUT2D eigenvalue weighted by molar-refractivity contribution is -0.123. The van der Waals surface area contributed by atoms with Gasteiger partial charge in [0.1, 0.15) is 6.04 Å². The van der Waals surface area contributed by atoms with E-state index < -0.39 is 6.04 Å². The second-order valence-electron chi connectivity index (χ2n) is 5.62. The Labute approximate surface area is 137 Å². The highest BCUT2D eigenvalue weighted by Crippen LogP contribution is 2.18. The van der Waals surface area contributed by atoms with Crippen molar-refractivity contribution in [2.24, 2.45) is 5.73 Å². The molecule has 0 bridgehead atoms. The molecule has 4 N–H and O–H groups in total. The third kappa shape index (κ3) is 6.03.